The van der Waals surface area contributed by atoms with Gasteiger partial charge in [-0.1, -0.05) is 53.4 Å². The molecule has 0 aliphatic heterocycles. The SMILES string of the molecule is CCC(C)C(N)C(=O)N[C@H](C(=O)NC[C@H](O)CC(C1CCCCC1)[PH](=O)O)C(C)C. The lowest BCUT2D eigenvalue weighted by Gasteiger charge is -2.30. The quantitative estimate of drug-likeness (QED) is 0.289. The number of hydrogen-bond acceptors (Lipinski definition) is 5. The molecule has 2 amide bonds. The molecule has 0 saturated heterocycles. The summed E-state index contributed by atoms with van der Waals surface area (Å²) in [6.07, 6.45) is 5.13. The summed E-state index contributed by atoms with van der Waals surface area (Å²) in [6.45, 7) is 7.47. The van der Waals surface area contributed by atoms with Crippen LogP contribution >= 0.6 is 8.03 Å². The summed E-state index contributed by atoms with van der Waals surface area (Å²) in [5.41, 5.74) is 5.54. The number of aliphatic hydroxyl groups excluding tert-OH is 1. The highest BCUT2D eigenvalue weighted by molar-refractivity contribution is 7.38. The monoisotopic (exact) mass is 447 g/mol. The van der Waals surface area contributed by atoms with Crippen LogP contribution in [0.4, 0.5) is 0 Å². The van der Waals surface area contributed by atoms with Crippen molar-refractivity contribution in [3.8, 4) is 0 Å². The fourth-order valence-corrected chi connectivity index (χ4v) is 5.24. The van der Waals surface area contributed by atoms with Crippen LogP contribution < -0.4 is 16.4 Å². The van der Waals surface area contributed by atoms with Gasteiger partial charge in [-0.3, -0.25) is 14.2 Å². The van der Waals surface area contributed by atoms with Crippen molar-refractivity contribution in [1.29, 1.82) is 0 Å². The zero-order chi connectivity index (χ0) is 22.8. The number of amides is 2. The number of nitrogens with one attached hydrogen (secondary N) is 2. The summed E-state index contributed by atoms with van der Waals surface area (Å²) in [7, 11) is -2.76. The molecule has 1 aliphatic rings. The van der Waals surface area contributed by atoms with Crippen LogP contribution in [0.1, 0.15) is 72.6 Å². The fourth-order valence-electron chi connectivity index (χ4n) is 4.03. The van der Waals surface area contributed by atoms with E-state index in [1.807, 2.05) is 27.7 Å². The standard InChI is InChI=1S/C21H42N3O5P/c1-5-14(4)18(22)20(26)24-19(13(2)3)21(27)23-12-16(25)11-17(30(28)29)15-9-7-6-8-10-15/h13-19,25,30H,5-12,22H2,1-4H3,(H,23,27)(H,24,26)(H,28,29)/t14?,16-,17?,18?,19+/m1/s1. The average molecular weight is 448 g/mol. The maximum absolute atomic E-state index is 12.6. The topological polar surface area (TPSA) is 142 Å². The van der Waals surface area contributed by atoms with Crippen LogP contribution in [0.5, 0.6) is 0 Å². The van der Waals surface area contributed by atoms with Gasteiger partial charge in [0.2, 0.25) is 11.8 Å². The van der Waals surface area contributed by atoms with E-state index in [0.717, 1.165) is 38.5 Å². The highest BCUT2D eigenvalue weighted by atomic mass is 31.1. The summed E-state index contributed by atoms with van der Waals surface area (Å²) in [6, 6.07) is -1.45. The summed E-state index contributed by atoms with van der Waals surface area (Å²) < 4.78 is 11.9. The summed E-state index contributed by atoms with van der Waals surface area (Å²) >= 11 is 0. The van der Waals surface area contributed by atoms with Crippen molar-refractivity contribution in [2.24, 2.45) is 23.5 Å². The Morgan fingerprint density at radius 3 is 2.23 bits per heavy atom. The van der Waals surface area contributed by atoms with Crippen LogP contribution in [0.2, 0.25) is 0 Å². The summed E-state index contributed by atoms with van der Waals surface area (Å²) in [5, 5.41) is 15.8. The molecule has 0 aromatic carbocycles. The van der Waals surface area contributed by atoms with E-state index in [4.69, 9.17) is 5.73 Å². The maximum Gasteiger partial charge on any atom is 0.242 e. The van der Waals surface area contributed by atoms with Gasteiger partial charge in [-0.2, -0.15) is 0 Å². The molecule has 176 valence electrons. The van der Waals surface area contributed by atoms with Crippen molar-refractivity contribution in [1.82, 2.24) is 10.6 Å². The predicted octanol–water partition coefficient (Wildman–Crippen LogP) is 1.78. The van der Waals surface area contributed by atoms with Crippen molar-refractivity contribution in [2.75, 3.05) is 6.54 Å². The first-order chi connectivity index (χ1) is 14.1. The molecule has 30 heavy (non-hydrogen) atoms. The second kappa shape index (κ2) is 13.5. The molecule has 8 nitrogen and oxygen atoms in total. The van der Waals surface area contributed by atoms with E-state index in [-0.39, 0.29) is 42.5 Å². The molecule has 9 heteroatoms. The first-order valence-electron chi connectivity index (χ1n) is 11.3. The first kappa shape index (κ1) is 27.1. The molecule has 0 bridgehead atoms. The van der Waals surface area contributed by atoms with E-state index < -0.39 is 31.9 Å². The first-order valence-corrected chi connectivity index (χ1v) is 12.8. The van der Waals surface area contributed by atoms with E-state index in [1.165, 1.54) is 0 Å². The molecule has 0 aromatic rings. The van der Waals surface area contributed by atoms with Gasteiger partial charge >= 0.3 is 0 Å². The minimum atomic E-state index is -2.76. The number of rotatable bonds is 12. The second-order valence-corrected chi connectivity index (χ2v) is 10.5. The van der Waals surface area contributed by atoms with Gasteiger partial charge in [0, 0.05) is 12.2 Å². The Bertz CT molecular complexity index is 569. The molecular formula is C21H42N3O5P. The number of aliphatic hydroxyl groups is 1. The Hall–Kier alpha value is -0.950. The van der Waals surface area contributed by atoms with Crippen molar-refractivity contribution in [3.63, 3.8) is 0 Å². The molecule has 0 radical (unpaired) electrons. The van der Waals surface area contributed by atoms with E-state index in [1.54, 1.807) is 0 Å². The lowest BCUT2D eigenvalue weighted by atomic mass is 9.85. The average Bonchev–Trinajstić information content (AvgIpc) is 2.72. The normalized spacial score (nSPS) is 21.3. The molecule has 6 atom stereocenters. The van der Waals surface area contributed by atoms with Crippen molar-refractivity contribution >= 4 is 19.8 Å². The Labute approximate surface area is 181 Å². The number of carbonyl (C=O) groups excluding carboxylic acids is 2. The highest BCUT2D eigenvalue weighted by Gasteiger charge is 2.31. The molecule has 1 fully saturated rings. The third-order valence-corrected chi connectivity index (χ3v) is 7.72. The van der Waals surface area contributed by atoms with Gasteiger partial charge in [0.05, 0.1) is 12.1 Å². The Morgan fingerprint density at radius 2 is 1.73 bits per heavy atom. The van der Waals surface area contributed by atoms with Gasteiger partial charge in [-0.15, -0.1) is 0 Å². The molecule has 6 N–H and O–H groups in total. The van der Waals surface area contributed by atoms with Crippen molar-refractivity contribution < 1.29 is 24.2 Å². The van der Waals surface area contributed by atoms with Crippen LogP contribution in [0.15, 0.2) is 0 Å². The predicted molar refractivity (Wildman–Crippen MR) is 119 cm³/mol. The third kappa shape index (κ3) is 8.66. The van der Waals surface area contributed by atoms with Crippen LogP contribution in [0, 0.1) is 17.8 Å². The van der Waals surface area contributed by atoms with Gasteiger partial charge < -0.3 is 26.4 Å². The third-order valence-electron chi connectivity index (χ3n) is 6.38. The second-order valence-electron chi connectivity index (χ2n) is 9.12. The zero-order valence-electron chi connectivity index (χ0n) is 18.9. The van der Waals surface area contributed by atoms with Crippen LogP contribution in [-0.2, 0) is 14.2 Å². The lowest BCUT2D eigenvalue weighted by Crippen LogP contribution is -2.55. The van der Waals surface area contributed by atoms with E-state index in [0.29, 0.717) is 0 Å². The van der Waals surface area contributed by atoms with Gasteiger partial charge in [0.1, 0.15) is 6.04 Å². The van der Waals surface area contributed by atoms with E-state index in [2.05, 4.69) is 10.6 Å². The smallest absolute Gasteiger partial charge is 0.242 e. The molecule has 4 unspecified atom stereocenters. The minimum Gasteiger partial charge on any atom is -0.391 e. The fraction of sp³-hybridized carbons (Fsp3) is 0.905. The number of carbonyl (C=O) groups is 2. The molecule has 0 aromatic heterocycles. The largest absolute Gasteiger partial charge is 0.391 e. The van der Waals surface area contributed by atoms with Crippen molar-refractivity contribution in [2.45, 2.75) is 96.5 Å². The summed E-state index contributed by atoms with van der Waals surface area (Å²) in [4.78, 5) is 34.8. The van der Waals surface area contributed by atoms with Gasteiger partial charge in [-0.25, -0.2) is 0 Å². The van der Waals surface area contributed by atoms with Crippen LogP contribution in [0.3, 0.4) is 0 Å². The molecule has 1 saturated carbocycles. The Morgan fingerprint density at radius 1 is 1.13 bits per heavy atom. The molecular weight excluding hydrogens is 405 g/mol. The van der Waals surface area contributed by atoms with E-state index >= 15 is 0 Å². The number of hydrogen-bond donors (Lipinski definition) is 5. The van der Waals surface area contributed by atoms with Crippen LogP contribution in [-0.4, -0.2) is 52.2 Å². The highest BCUT2D eigenvalue weighted by Crippen LogP contribution is 2.40. The Balaban J connectivity index is 2.60. The van der Waals surface area contributed by atoms with Gasteiger partial charge in [-0.05, 0) is 37.0 Å². The maximum atomic E-state index is 12.6. The molecule has 0 heterocycles. The summed E-state index contributed by atoms with van der Waals surface area (Å²) in [5.74, 6) is -0.750. The Kier molecular flexibility index (Phi) is 12.2. The number of nitrogens with two attached hydrogens (primary N) is 1. The van der Waals surface area contributed by atoms with E-state index in [9.17, 15) is 24.2 Å². The van der Waals surface area contributed by atoms with Gasteiger partial charge in [0.25, 0.3) is 0 Å². The molecule has 1 aliphatic carbocycles. The minimum absolute atomic E-state index is 0.000917. The van der Waals surface area contributed by atoms with Crippen LogP contribution in [0.25, 0.3) is 0 Å². The van der Waals surface area contributed by atoms with Crippen molar-refractivity contribution in [3.05, 3.63) is 0 Å². The van der Waals surface area contributed by atoms with Gasteiger partial charge in [0.15, 0.2) is 8.03 Å². The zero-order valence-corrected chi connectivity index (χ0v) is 19.9. The lowest BCUT2D eigenvalue weighted by molar-refractivity contribution is -0.131. The molecule has 1 rings (SSSR count). The molecule has 0 spiro atoms.